The Bertz CT molecular complexity index is 536. The van der Waals surface area contributed by atoms with Crippen molar-refractivity contribution >= 4 is 12.1 Å². The van der Waals surface area contributed by atoms with E-state index in [-0.39, 0.29) is 18.0 Å². The zero-order valence-electron chi connectivity index (χ0n) is 16.1. The van der Waals surface area contributed by atoms with Crippen LogP contribution in [0.1, 0.15) is 53.0 Å². The smallest absolute Gasteiger partial charge is 0.410 e. The van der Waals surface area contributed by atoms with E-state index in [2.05, 4.69) is 0 Å². The number of carbonyl (C=O) groups excluding carboxylic acids is 2. The van der Waals surface area contributed by atoms with Gasteiger partial charge in [0.05, 0.1) is 6.42 Å². The summed E-state index contributed by atoms with van der Waals surface area (Å²) < 4.78 is 10.6. The molecule has 1 saturated heterocycles. The Balaban J connectivity index is 0.00000151. The molecule has 25 heavy (non-hydrogen) atoms. The van der Waals surface area contributed by atoms with Crippen LogP contribution >= 0.6 is 0 Å². The van der Waals surface area contributed by atoms with Crippen molar-refractivity contribution in [1.29, 1.82) is 0 Å². The van der Waals surface area contributed by atoms with Gasteiger partial charge in [0, 0.05) is 13.1 Å². The lowest BCUT2D eigenvalue weighted by Crippen LogP contribution is -2.35. The largest absolute Gasteiger partial charge is 0.461 e. The summed E-state index contributed by atoms with van der Waals surface area (Å²) in [5.41, 5.74) is 0.478. The van der Waals surface area contributed by atoms with Crippen molar-refractivity contribution in [2.75, 3.05) is 13.1 Å². The van der Waals surface area contributed by atoms with E-state index in [0.29, 0.717) is 26.1 Å². The molecule has 5 nitrogen and oxygen atoms in total. The number of hydrogen-bond donors (Lipinski definition) is 0. The van der Waals surface area contributed by atoms with E-state index in [1.54, 1.807) is 4.90 Å². The van der Waals surface area contributed by atoms with Crippen molar-refractivity contribution in [1.82, 2.24) is 4.90 Å². The Kier molecular flexibility index (Phi) is 8.46. The molecule has 0 spiro atoms. The lowest BCUT2D eigenvalue weighted by atomic mass is 10.1. The van der Waals surface area contributed by atoms with E-state index in [1.807, 2.05) is 65.0 Å². The molecule has 140 valence electrons. The SMILES string of the molecule is CC.CC(C)(C)OC(=O)N1CC[C@H](CC(=O)OCc2ccccc2)C1. The van der Waals surface area contributed by atoms with Crippen LogP contribution in [-0.2, 0) is 20.9 Å². The standard InChI is InChI=1S/C18H25NO4.C2H6/c1-18(2,3)23-17(21)19-10-9-15(12-19)11-16(20)22-13-14-7-5-4-6-8-14;1-2/h4-8,15H,9-13H2,1-3H3;1-2H3/t15-;/m1./s1. The molecule has 0 bridgehead atoms. The van der Waals surface area contributed by atoms with Crippen LogP contribution in [0.3, 0.4) is 0 Å². The first-order valence-electron chi connectivity index (χ1n) is 9.01. The first-order valence-corrected chi connectivity index (χ1v) is 9.01. The van der Waals surface area contributed by atoms with Crippen molar-refractivity contribution in [3.63, 3.8) is 0 Å². The molecule has 0 radical (unpaired) electrons. The number of carbonyl (C=O) groups is 2. The highest BCUT2D eigenvalue weighted by Gasteiger charge is 2.31. The van der Waals surface area contributed by atoms with Gasteiger partial charge in [0.2, 0.25) is 0 Å². The van der Waals surface area contributed by atoms with Crippen molar-refractivity contribution in [3.05, 3.63) is 35.9 Å². The Hall–Kier alpha value is -2.04. The third-order valence-corrected chi connectivity index (χ3v) is 3.64. The minimum absolute atomic E-state index is 0.144. The highest BCUT2D eigenvalue weighted by atomic mass is 16.6. The first-order chi connectivity index (χ1) is 11.8. The number of amides is 1. The zero-order chi connectivity index (χ0) is 18.9. The molecule has 1 aliphatic rings. The predicted molar refractivity (Wildman–Crippen MR) is 98.1 cm³/mol. The Morgan fingerprint density at radius 1 is 1.16 bits per heavy atom. The molecule has 1 amide bonds. The van der Waals surface area contributed by atoms with Gasteiger partial charge in [-0.2, -0.15) is 0 Å². The number of hydrogen-bond acceptors (Lipinski definition) is 4. The van der Waals surface area contributed by atoms with Crippen molar-refractivity contribution in [2.24, 2.45) is 5.92 Å². The predicted octanol–water partition coefficient (Wildman–Crippen LogP) is 4.40. The average molecular weight is 349 g/mol. The number of esters is 1. The van der Waals surface area contributed by atoms with E-state index in [4.69, 9.17) is 9.47 Å². The van der Waals surface area contributed by atoms with Gasteiger partial charge in [0.15, 0.2) is 0 Å². The summed E-state index contributed by atoms with van der Waals surface area (Å²) in [6.45, 7) is 11.0. The molecule has 5 heteroatoms. The van der Waals surface area contributed by atoms with Crippen LogP contribution in [0.25, 0.3) is 0 Å². The molecule has 1 heterocycles. The van der Waals surface area contributed by atoms with Crippen LogP contribution in [-0.4, -0.2) is 35.7 Å². The summed E-state index contributed by atoms with van der Waals surface area (Å²) in [6, 6.07) is 9.60. The van der Waals surface area contributed by atoms with Gasteiger partial charge >= 0.3 is 12.1 Å². The van der Waals surface area contributed by atoms with Gasteiger partial charge in [0.1, 0.15) is 12.2 Å². The number of benzene rings is 1. The van der Waals surface area contributed by atoms with Gasteiger partial charge in [-0.25, -0.2) is 4.79 Å². The maximum atomic E-state index is 12.0. The fraction of sp³-hybridized carbons (Fsp3) is 0.600. The molecule has 1 aliphatic heterocycles. The Labute approximate surface area is 151 Å². The summed E-state index contributed by atoms with van der Waals surface area (Å²) in [6.07, 6.45) is 0.837. The molecule has 1 atom stereocenters. The number of rotatable bonds is 4. The highest BCUT2D eigenvalue weighted by molar-refractivity contribution is 5.71. The fourth-order valence-electron chi connectivity index (χ4n) is 2.52. The van der Waals surface area contributed by atoms with E-state index in [9.17, 15) is 9.59 Å². The van der Waals surface area contributed by atoms with E-state index in [0.717, 1.165) is 12.0 Å². The highest BCUT2D eigenvalue weighted by Crippen LogP contribution is 2.22. The van der Waals surface area contributed by atoms with Crippen molar-refractivity contribution in [2.45, 2.75) is 59.7 Å². The lowest BCUT2D eigenvalue weighted by molar-refractivity contribution is -0.146. The van der Waals surface area contributed by atoms with Gasteiger partial charge in [-0.3, -0.25) is 4.79 Å². The van der Waals surface area contributed by atoms with Crippen LogP contribution in [0.4, 0.5) is 4.79 Å². The summed E-state index contributed by atoms with van der Waals surface area (Å²) >= 11 is 0. The summed E-state index contributed by atoms with van der Waals surface area (Å²) in [4.78, 5) is 25.6. The van der Waals surface area contributed by atoms with Crippen LogP contribution in [0, 0.1) is 5.92 Å². The molecule has 0 aromatic heterocycles. The van der Waals surface area contributed by atoms with Gasteiger partial charge in [-0.05, 0) is 38.7 Å². The fourth-order valence-corrected chi connectivity index (χ4v) is 2.52. The molecule has 0 N–H and O–H groups in total. The van der Waals surface area contributed by atoms with Crippen LogP contribution < -0.4 is 0 Å². The maximum absolute atomic E-state index is 12.0. The van der Waals surface area contributed by atoms with Gasteiger partial charge < -0.3 is 14.4 Å². The first kappa shape index (κ1) is 21.0. The lowest BCUT2D eigenvalue weighted by Gasteiger charge is -2.24. The molecule has 1 fully saturated rings. The summed E-state index contributed by atoms with van der Waals surface area (Å²) in [5.74, 6) is -0.0734. The van der Waals surface area contributed by atoms with Gasteiger partial charge in [-0.15, -0.1) is 0 Å². The minimum Gasteiger partial charge on any atom is -0.461 e. The third-order valence-electron chi connectivity index (χ3n) is 3.64. The topological polar surface area (TPSA) is 55.8 Å². The summed E-state index contributed by atoms with van der Waals surface area (Å²) in [7, 11) is 0. The van der Waals surface area contributed by atoms with E-state index in [1.165, 1.54) is 0 Å². The molecule has 0 unspecified atom stereocenters. The summed E-state index contributed by atoms with van der Waals surface area (Å²) in [5, 5.41) is 0. The van der Waals surface area contributed by atoms with Crippen LogP contribution in [0.5, 0.6) is 0 Å². The second-order valence-electron chi connectivity index (χ2n) is 6.93. The Morgan fingerprint density at radius 3 is 2.40 bits per heavy atom. The Morgan fingerprint density at radius 2 is 1.80 bits per heavy atom. The van der Waals surface area contributed by atoms with Crippen LogP contribution in [0.15, 0.2) is 30.3 Å². The molecular weight excluding hydrogens is 318 g/mol. The normalized spacial score (nSPS) is 16.7. The van der Waals surface area contributed by atoms with Crippen molar-refractivity contribution in [3.8, 4) is 0 Å². The molecular formula is C20H31NO4. The maximum Gasteiger partial charge on any atom is 0.410 e. The van der Waals surface area contributed by atoms with E-state index < -0.39 is 5.60 Å². The van der Waals surface area contributed by atoms with E-state index >= 15 is 0 Å². The zero-order valence-corrected chi connectivity index (χ0v) is 16.1. The molecule has 2 rings (SSSR count). The molecule has 0 aliphatic carbocycles. The monoisotopic (exact) mass is 349 g/mol. The molecule has 1 aromatic carbocycles. The van der Waals surface area contributed by atoms with Gasteiger partial charge in [-0.1, -0.05) is 44.2 Å². The number of likely N-dealkylation sites (tertiary alicyclic amines) is 1. The molecule has 1 aromatic rings. The van der Waals surface area contributed by atoms with Gasteiger partial charge in [0.25, 0.3) is 0 Å². The van der Waals surface area contributed by atoms with Crippen LogP contribution in [0.2, 0.25) is 0 Å². The van der Waals surface area contributed by atoms with Crippen molar-refractivity contribution < 1.29 is 19.1 Å². The molecule has 0 saturated carbocycles. The second-order valence-corrected chi connectivity index (χ2v) is 6.93. The second kappa shape index (κ2) is 10.1. The average Bonchev–Trinajstić information content (AvgIpc) is 3.03. The number of nitrogens with zero attached hydrogens (tertiary/aromatic N) is 1. The quantitative estimate of drug-likeness (QED) is 0.756. The third kappa shape index (κ3) is 8.05. The minimum atomic E-state index is -0.496. The number of ether oxygens (including phenoxy) is 2.